The van der Waals surface area contributed by atoms with Gasteiger partial charge >= 0.3 is 0 Å². The zero-order chi connectivity index (χ0) is 12.4. The molecule has 0 aliphatic rings. The molecule has 0 amide bonds. The molecule has 0 bridgehead atoms. The van der Waals surface area contributed by atoms with E-state index in [0.29, 0.717) is 10.6 Å². The van der Waals surface area contributed by atoms with Crippen LogP contribution in [0, 0.1) is 12.7 Å². The second kappa shape index (κ2) is 4.86. The van der Waals surface area contributed by atoms with E-state index in [2.05, 4.69) is 0 Å². The van der Waals surface area contributed by atoms with E-state index >= 15 is 0 Å². The lowest BCUT2D eigenvalue weighted by molar-refractivity contribution is 0.599. The van der Waals surface area contributed by atoms with Gasteiger partial charge in [-0.05, 0) is 36.2 Å². The van der Waals surface area contributed by atoms with Gasteiger partial charge in [0, 0.05) is 10.6 Å². The van der Waals surface area contributed by atoms with Crippen molar-refractivity contribution in [2.75, 3.05) is 0 Å². The number of halogens is 2. The smallest absolute Gasteiger partial charge is 0.128 e. The van der Waals surface area contributed by atoms with Gasteiger partial charge in [0.15, 0.2) is 0 Å². The van der Waals surface area contributed by atoms with Crippen molar-refractivity contribution in [3.63, 3.8) is 0 Å². The lowest BCUT2D eigenvalue weighted by Gasteiger charge is -2.16. The van der Waals surface area contributed by atoms with E-state index in [9.17, 15) is 4.39 Å². The lowest BCUT2D eigenvalue weighted by Crippen LogP contribution is -2.14. The van der Waals surface area contributed by atoms with Crippen LogP contribution in [0.15, 0.2) is 42.5 Å². The summed E-state index contributed by atoms with van der Waals surface area (Å²) >= 11 is 5.94. The first-order valence-corrected chi connectivity index (χ1v) is 5.73. The molecular formula is C14H13ClFN. The highest BCUT2D eigenvalue weighted by atomic mass is 35.5. The Bertz CT molecular complexity index is 539. The third-order valence-corrected chi connectivity index (χ3v) is 3.05. The fraction of sp³-hybridized carbons (Fsp3) is 0.143. The molecule has 2 rings (SSSR count). The van der Waals surface area contributed by atoms with E-state index in [1.165, 1.54) is 6.07 Å². The Labute approximate surface area is 105 Å². The zero-order valence-electron chi connectivity index (χ0n) is 9.45. The molecule has 2 N–H and O–H groups in total. The van der Waals surface area contributed by atoms with E-state index in [0.717, 1.165) is 11.1 Å². The van der Waals surface area contributed by atoms with Crippen molar-refractivity contribution in [3.8, 4) is 0 Å². The SMILES string of the molecule is Cc1ccc(Cl)cc1C(N)c1ccccc1F. The maximum Gasteiger partial charge on any atom is 0.128 e. The number of aryl methyl sites for hydroxylation is 1. The fourth-order valence-corrected chi connectivity index (χ4v) is 2.02. The minimum absolute atomic E-state index is 0.292. The molecule has 88 valence electrons. The molecule has 1 nitrogen and oxygen atoms in total. The van der Waals surface area contributed by atoms with Crippen LogP contribution in [0.1, 0.15) is 22.7 Å². The normalized spacial score (nSPS) is 12.5. The van der Waals surface area contributed by atoms with Crippen LogP contribution in [0.5, 0.6) is 0 Å². The summed E-state index contributed by atoms with van der Waals surface area (Å²) in [6, 6.07) is 11.5. The molecule has 2 aromatic carbocycles. The topological polar surface area (TPSA) is 26.0 Å². The molecule has 0 aromatic heterocycles. The van der Waals surface area contributed by atoms with E-state index in [-0.39, 0.29) is 5.82 Å². The van der Waals surface area contributed by atoms with Crippen molar-refractivity contribution < 1.29 is 4.39 Å². The third-order valence-electron chi connectivity index (χ3n) is 2.82. The van der Waals surface area contributed by atoms with E-state index in [4.69, 9.17) is 17.3 Å². The Kier molecular flexibility index (Phi) is 3.46. The largest absolute Gasteiger partial charge is 0.320 e. The standard InChI is InChI=1S/C14H13ClFN/c1-9-6-7-10(15)8-12(9)14(17)11-4-2-3-5-13(11)16/h2-8,14H,17H2,1H3. The Morgan fingerprint density at radius 2 is 1.82 bits per heavy atom. The van der Waals surface area contributed by atoms with Crippen molar-refractivity contribution in [2.45, 2.75) is 13.0 Å². The van der Waals surface area contributed by atoms with Gasteiger partial charge in [-0.1, -0.05) is 35.9 Å². The van der Waals surface area contributed by atoms with Crippen LogP contribution in [-0.2, 0) is 0 Å². The Morgan fingerprint density at radius 3 is 2.53 bits per heavy atom. The maximum atomic E-state index is 13.6. The maximum absolute atomic E-state index is 13.6. The summed E-state index contributed by atoms with van der Waals surface area (Å²) in [5.74, 6) is -0.292. The molecule has 3 heteroatoms. The summed E-state index contributed by atoms with van der Waals surface area (Å²) in [5, 5.41) is 0.609. The molecule has 1 unspecified atom stereocenters. The van der Waals surface area contributed by atoms with Crippen molar-refractivity contribution in [1.82, 2.24) is 0 Å². The van der Waals surface area contributed by atoms with Crippen molar-refractivity contribution in [3.05, 3.63) is 70.0 Å². The van der Waals surface area contributed by atoms with Crippen LogP contribution in [0.3, 0.4) is 0 Å². The summed E-state index contributed by atoms with van der Waals surface area (Å²) in [5.41, 5.74) is 8.43. The molecule has 2 aromatic rings. The van der Waals surface area contributed by atoms with Gasteiger partial charge in [0.2, 0.25) is 0 Å². The van der Waals surface area contributed by atoms with E-state index < -0.39 is 6.04 Å². The van der Waals surface area contributed by atoms with Gasteiger partial charge in [0.1, 0.15) is 5.82 Å². The molecule has 0 heterocycles. The molecule has 0 fully saturated rings. The highest BCUT2D eigenvalue weighted by Gasteiger charge is 2.15. The van der Waals surface area contributed by atoms with Crippen molar-refractivity contribution in [1.29, 1.82) is 0 Å². The molecule has 0 saturated carbocycles. The van der Waals surface area contributed by atoms with Crippen LogP contribution in [0.4, 0.5) is 4.39 Å². The quantitative estimate of drug-likeness (QED) is 0.860. The van der Waals surface area contributed by atoms with Crippen LogP contribution in [0.25, 0.3) is 0 Å². The number of nitrogens with two attached hydrogens (primary N) is 1. The molecule has 0 saturated heterocycles. The Balaban J connectivity index is 2.47. The first-order chi connectivity index (χ1) is 8.09. The minimum atomic E-state index is -0.491. The van der Waals surface area contributed by atoms with Gasteiger partial charge in [0.05, 0.1) is 6.04 Å². The van der Waals surface area contributed by atoms with Crippen LogP contribution in [-0.4, -0.2) is 0 Å². The first kappa shape index (κ1) is 12.1. The van der Waals surface area contributed by atoms with Crippen LogP contribution >= 0.6 is 11.6 Å². The Morgan fingerprint density at radius 1 is 1.12 bits per heavy atom. The predicted molar refractivity (Wildman–Crippen MR) is 68.6 cm³/mol. The van der Waals surface area contributed by atoms with E-state index in [1.807, 2.05) is 13.0 Å². The minimum Gasteiger partial charge on any atom is -0.320 e. The van der Waals surface area contributed by atoms with Crippen LogP contribution < -0.4 is 5.73 Å². The average Bonchev–Trinajstić information content (AvgIpc) is 2.32. The number of hydrogen-bond donors (Lipinski definition) is 1. The number of hydrogen-bond acceptors (Lipinski definition) is 1. The van der Waals surface area contributed by atoms with Gasteiger partial charge in [0.25, 0.3) is 0 Å². The molecule has 17 heavy (non-hydrogen) atoms. The highest BCUT2D eigenvalue weighted by Crippen LogP contribution is 2.26. The zero-order valence-corrected chi connectivity index (χ0v) is 10.2. The van der Waals surface area contributed by atoms with Gasteiger partial charge < -0.3 is 5.73 Å². The molecule has 0 spiro atoms. The lowest BCUT2D eigenvalue weighted by atomic mass is 9.95. The van der Waals surface area contributed by atoms with E-state index in [1.54, 1.807) is 30.3 Å². The predicted octanol–water partition coefficient (Wildman–Crippen LogP) is 3.84. The summed E-state index contributed by atoms with van der Waals surface area (Å²) < 4.78 is 13.6. The van der Waals surface area contributed by atoms with Gasteiger partial charge in [-0.3, -0.25) is 0 Å². The molecular weight excluding hydrogens is 237 g/mol. The highest BCUT2D eigenvalue weighted by molar-refractivity contribution is 6.30. The summed E-state index contributed by atoms with van der Waals surface area (Å²) in [6.45, 7) is 1.94. The molecule has 0 aliphatic heterocycles. The van der Waals surface area contributed by atoms with Gasteiger partial charge in [-0.15, -0.1) is 0 Å². The van der Waals surface area contributed by atoms with Crippen LogP contribution in [0.2, 0.25) is 5.02 Å². The summed E-state index contributed by atoms with van der Waals surface area (Å²) in [6.07, 6.45) is 0. The monoisotopic (exact) mass is 249 g/mol. The second-order valence-corrected chi connectivity index (χ2v) is 4.44. The second-order valence-electron chi connectivity index (χ2n) is 4.00. The van der Waals surface area contributed by atoms with Crippen molar-refractivity contribution >= 4 is 11.6 Å². The summed E-state index contributed by atoms with van der Waals surface area (Å²) in [4.78, 5) is 0. The molecule has 0 radical (unpaired) electrons. The average molecular weight is 250 g/mol. The first-order valence-electron chi connectivity index (χ1n) is 5.35. The van der Waals surface area contributed by atoms with Gasteiger partial charge in [-0.2, -0.15) is 0 Å². The molecule has 1 atom stereocenters. The fourth-order valence-electron chi connectivity index (χ4n) is 1.84. The third kappa shape index (κ3) is 2.48. The number of benzene rings is 2. The molecule has 0 aliphatic carbocycles. The van der Waals surface area contributed by atoms with Gasteiger partial charge in [-0.25, -0.2) is 4.39 Å². The number of rotatable bonds is 2. The van der Waals surface area contributed by atoms with Crippen molar-refractivity contribution in [2.24, 2.45) is 5.73 Å². The Hall–Kier alpha value is -1.38. The summed E-state index contributed by atoms with van der Waals surface area (Å²) in [7, 11) is 0.